The van der Waals surface area contributed by atoms with E-state index in [-0.39, 0.29) is 28.6 Å². The first-order valence-electron chi connectivity index (χ1n) is 11.0. The van der Waals surface area contributed by atoms with Crippen LogP contribution in [0.3, 0.4) is 0 Å². The number of rotatable bonds is 8. The number of carbonyl (C=O) groups excluding carboxylic acids is 4. The summed E-state index contributed by atoms with van der Waals surface area (Å²) < 4.78 is 9.88. The molecule has 3 rings (SSSR count). The highest BCUT2D eigenvalue weighted by atomic mass is 35.5. The van der Waals surface area contributed by atoms with Crippen molar-refractivity contribution in [3.8, 4) is 0 Å². The lowest BCUT2D eigenvalue weighted by Crippen LogP contribution is -2.52. The number of ether oxygens (including phenoxy) is 2. The highest BCUT2D eigenvalue weighted by molar-refractivity contribution is 7.99. The van der Waals surface area contributed by atoms with Crippen molar-refractivity contribution >= 4 is 64.5 Å². The van der Waals surface area contributed by atoms with Crippen LogP contribution in [0.15, 0.2) is 42.5 Å². The van der Waals surface area contributed by atoms with Gasteiger partial charge in [0.05, 0.1) is 35.2 Å². The third-order valence-corrected chi connectivity index (χ3v) is 6.97. The number of esters is 1. The number of anilines is 1. The lowest BCUT2D eigenvalue weighted by atomic mass is 10.0. The molecule has 0 unspecified atom stereocenters. The summed E-state index contributed by atoms with van der Waals surface area (Å²) in [6.45, 7) is 1.88. The van der Waals surface area contributed by atoms with E-state index in [1.807, 2.05) is 0 Å². The van der Waals surface area contributed by atoms with Crippen molar-refractivity contribution in [3.63, 3.8) is 0 Å². The van der Waals surface area contributed by atoms with Crippen LogP contribution in [0, 0.1) is 0 Å². The molecular formula is C24H25Cl2N3O6S. The maximum Gasteiger partial charge on any atom is 0.411 e. The number of nitrogens with zero attached hydrogens (tertiary/aromatic N) is 1. The number of hydrogen-bond acceptors (Lipinski definition) is 7. The Labute approximate surface area is 222 Å². The average Bonchev–Trinajstić information content (AvgIpc) is 3.35. The molecule has 2 aromatic rings. The molecule has 0 aliphatic carbocycles. The molecule has 192 valence electrons. The molecule has 0 saturated carbocycles. The molecule has 1 aliphatic rings. The van der Waals surface area contributed by atoms with Gasteiger partial charge in [-0.1, -0.05) is 41.4 Å². The number of methoxy groups -OCH3 is 1. The maximum absolute atomic E-state index is 12.9. The number of amides is 3. The molecule has 0 radical (unpaired) electrons. The molecule has 36 heavy (non-hydrogen) atoms. The van der Waals surface area contributed by atoms with Crippen molar-refractivity contribution in [1.82, 2.24) is 10.2 Å². The van der Waals surface area contributed by atoms with Crippen molar-refractivity contribution in [3.05, 3.63) is 63.6 Å². The molecule has 3 amide bonds. The second-order valence-corrected chi connectivity index (χ2v) is 9.53. The molecule has 0 bridgehead atoms. The molecule has 2 aromatic carbocycles. The van der Waals surface area contributed by atoms with Gasteiger partial charge in [0.1, 0.15) is 12.1 Å². The van der Waals surface area contributed by atoms with E-state index in [0.29, 0.717) is 22.9 Å². The normalized spacial score (nSPS) is 15.7. The fourth-order valence-electron chi connectivity index (χ4n) is 3.52. The van der Waals surface area contributed by atoms with Gasteiger partial charge >= 0.3 is 12.1 Å². The zero-order valence-electron chi connectivity index (χ0n) is 19.6. The Morgan fingerprint density at radius 3 is 2.39 bits per heavy atom. The molecule has 1 fully saturated rings. The lowest BCUT2D eigenvalue weighted by molar-refractivity contribution is -0.145. The predicted octanol–water partition coefficient (Wildman–Crippen LogP) is 3.98. The standard InChI is InChI=1S/C24H25Cl2N3O6S/c1-3-35-24(33)29-13-36-12-19(29)21(30)28-18(23(32)34-2)11-14-7-9-15(10-8-14)27-22(31)20-16(25)5-4-6-17(20)26/h4-10,18-19H,3,11-13H2,1-2H3,(H,27,31)(H,28,30)/t18-,19-/m0/s1. The van der Waals surface area contributed by atoms with Gasteiger partial charge in [0.15, 0.2) is 0 Å². The van der Waals surface area contributed by atoms with E-state index in [4.69, 9.17) is 32.7 Å². The van der Waals surface area contributed by atoms with E-state index >= 15 is 0 Å². The summed E-state index contributed by atoms with van der Waals surface area (Å²) in [5, 5.41) is 5.88. The van der Waals surface area contributed by atoms with E-state index < -0.39 is 36.0 Å². The second kappa shape index (κ2) is 12.8. The molecule has 0 aromatic heterocycles. The summed E-state index contributed by atoms with van der Waals surface area (Å²) in [5.41, 5.74) is 1.37. The van der Waals surface area contributed by atoms with E-state index in [0.717, 1.165) is 0 Å². The summed E-state index contributed by atoms with van der Waals surface area (Å²) in [7, 11) is 1.23. The molecule has 9 nitrogen and oxygen atoms in total. The first-order valence-corrected chi connectivity index (χ1v) is 12.9. The quantitative estimate of drug-likeness (QED) is 0.475. The second-order valence-electron chi connectivity index (χ2n) is 7.72. The number of benzene rings is 2. The topological polar surface area (TPSA) is 114 Å². The molecular weight excluding hydrogens is 529 g/mol. The summed E-state index contributed by atoms with van der Waals surface area (Å²) in [6.07, 6.45) is -0.435. The molecule has 2 N–H and O–H groups in total. The van der Waals surface area contributed by atoms with Crippen LogP contribution in [-0.4, -0.2) is 66.2 Å². The summed E-state index contributed by atoms with van der Waals surface area (Å²) in [6, 6.07) is 9.80. The first kappa shape index (κ1) is 27.6. The van der Waals surface area contributed by atoms with Gasteiger partial charge < -0.3 is 20.1 Å². The first-order chi connectivity index (χ1) is 17.2. The van der Waals surface area contributed by atoms with Crippen molar-refractivity contribution in [2.24, 2.45) is 0 Å². The molecule has 1 heterocycles. The van der Waals surface area contributed by atoms with Gasteiger partial charge in [-0.05, 0) is 36.8 Å². The van der Waals surface area contributed by atoms with Crippen molar-refractivity contribution in [2.75, 3.05) is 30.7 Å². The van der Waals surface area contributed by atoms with Crippen LogP contribution in [0.2, 0.25) is 10.0 Å². The zero-order valence-corrected chi connectivity index (χ0v) is 21.9. The van der Waals surface area contributed by atoms with Gasteiger partial charge in [0, 0.05) is 17.9 Å². The van der Waals surface area contributed by atoms with Crippen molar-refractivity contribution < 1.29 is 28.7 Å². The number of carbonyl (C=O) groups is 4. The zero-order chi connectivity index (χ0) is 26.2. The highest BCUT2D eigenvalue weighted by Crippen LogP contribution is 2.26. The average molecular weight is 554 g/mol. The molecule has 0 spiro atoms. The number of nitrogens with one attached hydrogen (secondary N) is 2. The van der Waals surface area contributed by atoms with E-state index in [9.17, 15) is 19.2 Å². The van der Waals surface area contributed by atoms with Crippen molar-refractivity contribution in [2.45, 2.75) is 25.4 Å². The Bertz CT molecular complexity index is 1110. The van der Waals surface area contributed by atoms with Crippen LogP contribution in [0.1, 0.15) is 22.8 Å². The summed E-state index contributed by atoms with van der Waals surface area (Å²) in [4.78, 5) is 51.3. The minimum Gasteiger partial charge on any atom is -0.467 e. The minimum absolute atomic E-state index is 0.141. The summed E-state index contributed by atoms with van der Waals surface area (Å²) in [5.74, 6) is -0.834. The Hall–Kier alpha value is -2.95. The van der Waals surface area contributed by atoms with Crippen LogP contribution < -0.4 is 10.6 Å². The van der Waals surface area contributed by atoms with Crippen LogP contribution >= 0.6 is 35.0 Å². The third-order valence-electron chi connectivity index (χ3n) is 5.33. The van der Waals surface area contributed by atoms with Gasteiger partial charge in [-0.15, -0.1) is 11.8 Å². The van der Waals surface area contributed by atoms with E-state index in [1.54, 1.807) is 49.4 Å². The van der Waals surface area contributed by atoms with Crippen LogP contribution in [0.5, 0.6) is 0 Å². The fraction of sp³-hybridized carbons (Fsp3) is 0.333. The van der Waals surface area contributed by atoms with Gasteiger partial charge in [0.25, 0.3) is 5.91 Å². The van der Waals surface area contributed by atoms with E-state index in [1.165, 1.54) is 23.8 Å². The SMILES string of the molecule is CCOC(=O)N1CSC[C@H]1C(=O)N[C@@H](Cc1ccc(NC(=O)c2c(Cl)cccc2Cl)cc1)C(=O)OC. The third kappa shape index (κ3) is 6.83. The van der Waals surface area contributed by atoms with Gasteiger partial charge in [-0.25, -0.2) is 9.59 Å². The van der Waals surface area contributed by atoms with Gasteiger partial charge in [-0.3, -0.25) is 14.5 Å². The number of hydrogen-bond donors (Lipinski definition) is 2. The predicted molar refractivity (Wildman–Crippen MR) is 138 cm³/mol. The monoisotopic (exact) mass is 553 g/mol. The lowest BCUT2D eigenvalue weighted by Gasteiger charge is -2.24. The fourth-order valence-corrected chi connectivity index (χ4v) is 5.23. The molecule has 1 saturated heterocycles. The summed E-state index contributed by atoms with van der Waals surface area (Å²) >= 11 is 13.6. The Balaban J connectivity index is 1.66. The van der Waals surface area contributed by atoms with Crippen LogP contribution in [-0.2, 0) is 25.5 Å². The van der Waals surface area contributed by atoms with Gasteiger partial charge in [0.2, 0.25) is 5.91 Å². The van der Waals surface area contributed by atoms with E-state index in [2.05, 4.69) is 10.6 Å². The van der Waals surface area contributed by atoms with Gasteiger partial charge in [-0.2, -0.15) is 0 Å². The smallest absolute Gasteiger partial charge is 0.411 e. The van der Waals surface area contributed by atoms with Crippen LogP contribution in [0.4, 0.5) is 10.5 Å². The maximum atomic E-state index is 12.9. The Kier molecular flexibility index (Phi) is 9.86. The number of halogens is 2. The van der Waals surface area contributed by atoms with Crippen molar-refractivity contribution in [1.29, 1.82) is 0 Å². The van der Waals surface area contributed by atoms with Crippen LogP contribution in [0.25, 0.3) is 0 Å². The molecule has 12 heteroatoms. The molecule has 2 atom stereocenters. The Morgan fingerprint density at radius 1 is 1.11 bits per heavy atom. The Morgan fingerprint density at radius 2 is 1.78 bits per heavy atom. The minimum atomic E-state index is -0.973. The largest absolute Gasteiger partial charge is 0.467 e. The number of thioether (sulfide) groups is 1. The highest BCUT2D eigenvalue weighted by Gasteiger charge is 2.37. The molecule has 1 aliphatic heterocycles.